The number of anilines is 2. The number of amides is 1. The number of ether oxygens (including phenoxy) is 1. The van der Waals surface area contributed by atoms with E-state index in [0.717, 1.165) is 30.2 Å². The van der Waals surface area contributed by atoms with Crippen molar-refractivity contribution in [1.82, 2.24) is 19.7 Å². The van der Waals surface area contributed by atoms with Gasteiger partial charge in [-0.05, 0) is 38.1 Å². The molecule has 1 aromatic carbocycles. The van der Waals surface area contributed by atoms with Crippen molar-refractivity contribution in [1.29, 1.82) is 0 Å². The molecule has 3 aromatic rings. The van der Waals surface area contributed by atoms with E-state index in [1.165, 1.54) is 0 Å². The molecule has 0 bridgehead atoms. The number of nitrogens with zero attached hydrogens (tertiary/aromatic N) is 5. The Bertz CT molecular complexity index is 957. The zero-order valence-corrected chi connectivity index (χ0v) is 15.9. The van der Waals surface area contributed by atoms with E-state index in [1.807, 2.05) is 38.2 Å². The number of aryl methyl sites for hydroxylation is 2. The lowest BCUT2D eigenvalue weighted by Gasteiger charge is -2.27. The molecule has 1 N–H and O–H groups in total. The van der Waals surface area contributed by atoms with Gasteiger partial charge in [-0.3, -0.25) is 4.79 Å². The van der Waals surface area contributed by atoms with Gasteiger partial charge in [-0.25, -0.2) is 14.6 Å². The van der Waals surface area contributed by atoms with Crippen LogP contribution in [0.15, 0.2) is 42.7 Å². The lowest BCUT2D eigenvalue weighted by Crippen LogP contribution is -2.37. The van der Waals surface area contributed by atoms with Gasteiger partial charge < -0.3 is 15.0 Å². The lowest BCUT2D eigenvalue weighted by molar-refractivity contribution is 0.102. The van der Waals surface area contributed by atoms with Gasteiger partial charge in [-0.2, -0.15) is 5.10 Å². The van der Waals surface area contributed by atoms with E-state index in [4.69, 9.17) is 4.74 Å². The van der Waals surface area contributed by atoms with Gasteiger partial charge in [-0.1, -0.05) is 6.07 Å². The average molecular weight is 378 g/mol. The third-order valence-corrected chi connectivity index (χ3v) is 4.67. The predicted octanol–water partition coefficient (Wildman–Crippen LogP) is 2.37. The predicted molar refractivity (Wildman–Crippen MR) is 106 cm³/mol. The van der Waals surface area contributed by atoms with Gasteiger partial charge in [0.25, 0.3) is 5.91 Å². The minimum Gasteiger partial charge on any atom is -0.378 e. The topological polar surface area (TPSA) is 85.2 Å². The van der Waals surface area contributed by atoms with Crippen molar-refractivity contribution in [2.45, 2.75) is 13.8 Å². The molecule has 4 rings (SSSR count). The first-order chi connectivity index (χ1) is 13.6. The molecule has 0 unspecified atom stereocenters. The first kappa shape index (κ1) is 18.1. The summed E-state index contributed by atoms with van der Waals surface area (Å²) in [5.41, 5.74) is 3.50. The summed E-state index contributed by atoms with van der Waals surface area (Å²) in [6.45, 7) is 6.65. The fourth-order valence-electron chi connectivity index (χ4n) is 3.18. The Hall–Kier alpha value is -3.26. The monoisotopic (exact) mass is 378 g/mol. The van der Waals surface area contributed by atoms with Gasteiger partial charge in [0.05, 0.1) is 36.0 Å². The number of carbonyl (C=O) groups excluding carboxylic acids is 1. The van der Waals surface area contributed by atoms with Crippen molar-refractivity contribution in [2.75, 3.05) is 36.5 Å². The molecule has 1 aliphatic heterocycles. The third-order valence-electron chi connectivity index (χ3n) is 4.67. The average Bonchev–Trinajstić information content (AvgIpc) is 3.26. The molecule has 0 radical (unpaired) electrons. The minimum absolute atomic E-state index is 0.206. The number of hydrogen-bond donors (Lipinski definition) is 1. The maximum Gasteiger partial charge on any atom is 0.255 e. The van der Waals surface area contributed by atoms with Crippen LogP contribution in [-0.2, 0) is 4.74 Å². The van der Waals surface area contributed by atoms with Crippen molar-refractivity contribution in [3.05, 3.63) is 59.7 Å². The van der Waals surface area contributed by atoms with Gasteiger partial charge in [0, 0.05) is 31.0 Å². The van der Waals surface area contributed by atoms with Gasteiger partial charge in [-0.15, -0.1) is 0 Å². The highest BCUT2D eigenvalue weighted by molar-refractivity contribution is 6.05. The maximum atomic E-state index is 12.8. The Labute approximate surface area is 163 Å². The van der Waals surface area contributed by atoms with Crippen LogP contribution in [0.4, 0.5) is 11.6 Å². The lowest BCUT2D eigenvalue weighted by atomic mass is 10.1. The van der Waals surface area contributed by atoms with E-state index in [1.54, 1.807) is 23.0 Å². The quantitative estimate of drug-likeness (QED) is 0.750. The Morgan fingerprint density at radius 1 is 1.11 bits per heavy atom. The highest BCUT2D eigenvalue weighted by Crippen LogP contribution is 2.22. The summed E-state index contributed by atoms with van der Waals surface area (Å²) in [4.78, 5) is 24.1. The zero-order valence-electron chi connectivity index (χ0n) is 15.9. The molecule has 0 atom stereocenters. The number of nitrogens with one attached hydrogen (secondary N) is 1. The normalized spacial score (nSPS) is 14.1. The first-order valence-corrected chi connectivity index (χ1v) is 9.21. The summed E-state index contributed by atoms with van der Waals surface area (Å²) >= 11 is 0. The maximum absolute atomic E-state index is 12.8. The van der Waals surface area contributed by atoms with Crippen LogP contribution in [0.3, 0.4) is 0 Å². The van der Waals surface area contributed by atoms with Crippen molar-refractivity contribution < 1.29 is 9.53 Å². The second kappa shape index (κ2) is 7.77. The van der Waals surface area contributed by atoms with Crippen LogP contribution in [0.5, 0.6) is 0 Å². The molecule has 1 amide bonds. The molecular formula is C20H22N6O2. The fourth-order valence-corrected chi connectivity index (χ4v) is 3.18. The van der Waals surface area contributed by atoms with E-state index in [-0.39, 0.29) is 5.91 Å². The Morgan fingerprint density at radius 2 is 1.86 bits per heavy atom. The Kier molecular flexibility index (Phi) is 5.03. The number of morpholine rings is 1. The van der Waals surface area contributed by atoms with Crippen LogP contribution >= 0.6 is 0 Å². The van der Waals surface area contributed by atoms with Crippen LogP contribution in [0.1, 0.15) is 21.7 Å². The van der Waals surface area contributed by atoms with Gasteiger partial charge >= 0.3 is 0 Å². The third kappa shape index (κ3) is 3.72. The summed E-state index contributed by atoms with van der Waals surface area (Å²) in [6.07, 6.45) is 3.54. The van der Waals surface area contributed by atoms with Gasteiger partial charge in [0.2, 0.25) is 5.95 Å². The van der Waals surface area contributed by atoms with Crippen LogP contribution < -0.4 is 10.2 Å². The second-order valence-corrected chi connectivity index (χ2v) is 6.62. The SMILES string of the molecule is Cc1nc(N2CCOCC2)nc(C)c1NC(=O)c1cccc(-n2cccn2)c1. The smallest absolute Gasteiger partial charge is 0.255 e. The number of carbonyl (C=O) groups is 1. The largest absolute Gasteiger partial charge is 0.378 e. The minimum atomic E-state index is -0.206. The highest BCUT2D eigenvalue weighted by Gasteiger charge is 2.18. The van der Waals surface area contributed by atoms with Crippen molar-refractivity contribution >= 4 is 17.5 Å². The van der Waals surface area contributed by atoms with Crippen LogP contribution in [0, 0.1) is 13.8 Å². The molecule has 1 saturated heterocycles. The molecule has 0 saturated carbocycles. The van der Waals surface area contributed by atoms with Crippen molar-refractivity contribution in [3.63, 3.8) is 0 Å². The molecule has 2 aromatic heterocycles. The molecule has 0 spiro atoms. The number of benzene rings is 1. The van der Waals surface area contributed by atoms with E-state index in [9.17, 15) is 4.79 Å². The summed E-state index contributed by atoms with van der Waals surface area (Å²) in [7, 11) is 0. The van der Waals surface area contributed by atoms with E-state index in [2.05, 4.69) is 25.3 Å². The number of rotatable bonds is 4. The molecule has 28 heavy (non-hydrogen) atoms. The standard InChI is InChI=1S/C20H22N6O2/c1-14-18(15(2)23-20(22-14)25-9-11-28-12-10-25)24-19(27)16-5-3-6-17(13-16)26-8-4-7-21-26/h3-8,13H,9-12H2,1-2H3,(H,24,27). The highest BCUT2D eigenvalue weighted by atomic mass is 16.5. The molecule has 144 valence electrons. The first-order valence-electron chi connectivity index (χ1n) is 9.21. The summed E-state index contributed by atoms with van der Waals surface area (Å²) < 4.78 is 7.10. The number of aromatic nitrogens is 4. The molecule has 1 fully saturated rings. The van der Waals surface area contributed by atoms with Crippen molar-refractivity contribution in [3.8, 4) is 5.69 Å². The van der Waals surface area contributed by atoms with Gasteiger partial charge in [0.15, 0.2) is 0 Å². The summed E-state index contributed by atoms with van der Waals surface area (Å²) in [6, 6.07) is 9.16. The summed E-state index contributed by atoms with van der Waals surface area (Å²) in [5.74, 6) is 0.472. The van der Waals surface area contributed by atoms with Crippen LogP contribution in [0.25, 0.3) is 5.69 Å². The van der Waals surface area contributed by atoms with Crippen molar-refractivity contribution in [2.24, 2.45) is 0 Å². The fraction of sp³-hybridized carbons (Fsp3) is 0.300. The molecule has 3 heterocycles. The van der Waals surface area contributed by atoms with E-state index in [0.29, 0.717) is 30.4 Å². The molecule has 8 heteroatoms. The van der Waals surface area contributed by atoms with Gasteiger partial charge in [0.1, 0.15) is 0 Å². The molecule has 8 nitrogen and oxygen atoms in total. The molecule has 0 aliphatic carbocycles. The van der Waals surface area contributed by atoms with Crippen LogP contribution in [0.2, 0.25) is 0 Å². The second-order valence-electron chi connectivity index (χ2n) is 6.62. The Balaban J connectivity index is 1.55. The molecule has 1 aliphatic rings. The molecular weight excluding hydrogens is 356 g/mol. The van der Waals surface area contributed by atoms with E-state index < -0.39 is 0 Å². The number of hydrogen-bond acceptors (Lipinski definition) is 6. The Morgan fingerprint density at radius 3 is 2.54 bits per heavy atom. The summed E-state index contributed by atoms with van der Waals surface area (Å²) in [5, 5.41) is 7.17. The zero-order chi connectivity index (χ0) is 19.5. The van der Waals surface area contributed by atoms with E-state index >= 15 is 0 Å². The van der Waals surface area contributed by atoms with Crippen LogP contribution in [-0.4, -0.2) is 52.0 Å².